The Labute approximate surface area is 106 Å². The molecule has 0 aromatic rings. The van der Waals surface area contributed by atoms with Crippen molar-refractivity contribution >= 4 is 5.91 Å². The van der Waals surface area contributed by atoms with Crippen LogP contribution in [-0.2, 0) is 4.79 Å². The molecule has 1 rings (SSSR count). The minimum atomic E-state index is 0.0602. The number of nitrogens with one attached hydrogen (secondary N) is 1. The first-order valence-corrected chi connectivity index (χ1v) is 7.16. The van der Waals surface area contributed by atoms with E-state index in [0.717, 1.165) is 31.7 Å². The van der Waals surface area contributed by atoms with Gasteiger partial charge in [0.15, 0.2) is 0 Å². The molecule has 1 saturated heterocycles. The molecule has 1 fully saturated rings. The highest BCUT2D eigenvalue weighted by molar-refractivity contribution is 5.84. The van der Waals surface area contributed by atoms with Crippen LogP contribution in [0.4, 0.5) is 0 Å². The number of hydrogen-bond acceptors (Lipinski definition) is 2. The summed E-state index contributed by atoms with van der Waals surface area (Å²) in [5, 5.41) is 3.42. The topological polar surface area (TPSA) is 32.3 Å². The van der Waals surface area contributed by atoms with E-state index in [2.05, 4.69) is 37.9 Å². The third-order valence-corrected chi connectivity index (χ3v) is 3.58. The zero-order chi connectivity index (χ0) is 12.8. The summed E-state index contributed by atoms with van der Waals surface area (Å²) in [6.45, 7) is 9.65. The van der Waals surface area contributed by atoms with E-state index >= 15 is 0 Å². The molecule has 1 aliphatic rings. The molecule has 1 N–H and O–H groups in total. The molecule has 1 heterocycles. The lowest BCUT2D eigenvalue weighted by molar-refractivity contribution is -0.130. The summed E-state index contributed by atoms with van der Waals surface area (Å²) in [7, 11) is 0. The fraction of sp³-hybridized carbons (Fsp3) is 0.929. The van der Waals surface area contributed by atoms with Gasteiger partial charge in [-0.1, -0.05) is 40.5 Å². The summed E-state index contributed by atoms with van der Waals surface area (Å²) >= 11 is 0. The standard InChI is InChI=1S/C14H28N2O/c1-5-12-14(17)16(13(6-2)15-12)10-8-7-9-11(3)4/h11-13,15H,5-10H2,1-4H3. The van der Waals surface area contributed by atoms with E-state index in [1.54, 1.807) is 0 Å². The number of nitrogens with zero attached hydrogens (tertiary/aromatic N) is 1. The van der Waals surface area contributed by atoms with Gasteiger partial charge >= 0.3 is 0 Å². The average molecular weight is 240 g/mol. The Morgan fingerprint density at radius 1 is 1.24 bits per heavy atom. The van der Waals surface area contributed by atoms with E-state index in [0.29, 0.717) is 5.91 Å². The Bertz CT molecular complexity index is 240. The normalized spacial score (nSPS) is 25.0. The highest BCUT2D eigenvalue weighted by Gasteiger charge is 2.35. The van der Waals surface area contributed by atoms with Crippen LogP contribution >= 0.6 is 0 Å². The molecule has 17 heavy (non-hydrogen) atoms. The van der Waals surface area contributed by atoms with Gasteiger partial charge in [-0.25, -0.2) is 0 Å². The second kappa shape index (κ2) is 7.00. The molecule has 0 saturated carbocycles. The van der Waals surface area contributed by atoms with Gasteiger partial charge < -0.3 is 4.90 Å². The van der Waals surface area contributed by atoms with Crippen LogP contribution < -0.4 is 5.32 Å². The molecule has 3 heteroatoms. The van der Waals surface area contributed by atoms with E-state index in [4.69, 9.17) is 0 Å². The van der Waals surface area contributed by atoms with Gasteiger partial charge in [0.05, 0.1) is 12.2 Å². The molecule has 0 aromatic heterocycles. The zero-order valence-corrected chi connectivity index (χ0v) is 11.8. The number of amides is 1. The van der Waals surface area contributed by atoms with Crippen LogP contribution in [0.1, 0.15) is 59.8 Å². The molecule has 100 valence electrons. The van der Waals surface area contributed by atoms with E-state index in [1.807, 2.05) is 0 Å². The van der Waals surface area contributed by atoms with Crippen molar-refractivity contribution in [3.63, 3.8) is 0 Å². The lowest BCUT2D eigenvalue weighted by Crippen LogP contribution is -2.37. The van der Waals surface area contributed by atoms with Crippen molar-refractivity contribution in [1.29, 1.82) is 0 Å². The first kappa shape index (κ1) is 14.5. The van der Waals surface area contributed by atoms with Crippen LogP contribution in [0.15, 0.2) is 0 Å². The van der Waals surface area contributed by atoms with Crippen molar-refractivity contribution in [2.24, 2.45) is 5.92 Å². The molecule has 0 radical (unpaired) electrons. The van der Waals surface area contributed by atoms with Crippen LogP contribution in [0.25, 0.3) is 0 Å². The van der Waals surface area contributed by atoms with Crippen molar-refractivity contribution in [2.45, 2.75) is 72.0 Å². The molecule has 0 aromatic carbocycles. The Morgan fingerprint density at radius 3 is 2.47 bits per heavy atom. The maximum atomic E-state index is 12.1. The predicted molar refractivity (Wildman–Crippen MR) is 71.7 cm³/mol. The molecule has 0 spiro atoms. The highest BCUT2D eigenvalue weighted by Crippen LogP contribution is 2.17. The van der Waals surface area contributed by atoms with Crippen LogP contribution in [-0.4, -0.2) is 29.6 Å². The largest absolute Gasteiger partial charge is 0.326 e. The Kier molecular flexibility index (Phi) is 5.96. The fourth-order valence-corrected chi connectivity index (χ4v) is 2.48. The highest BCUT2D eigenvalue weighted by atomic mass is 16.2. The van der Waals surface area contributed by atoms with Gasteiger partial charge in [0.25, 0.3) is 0 Å². The summed E-state index contributed by atoms with van der Waals surface area (Å²) < 4.78 is 0. The molecule has 1 amide bonds. The number of hydrogen-bond donors (Lipinski definition) is 1. The molecule has 2 unspecified atom stereocenters. The minimum absolute atomic E-state index is 0.0602. The van der Waals surface area contributed by atoms with Crippen molar-refractivity contribution in [3.05, 3.63) is 0 Å². The van der Waals surface area contributed by atoms with Crippen LogP contribution in [0.2, 0.25) is 0 Å². The summed E-state index contributed by atoms with van der Waals surface area (Å²) in [6.07, 6.45) is 5.81. The monoisotopic (exact) mass is 240 g/mol. The zero-order valence-electron chi connectivity index (χ0n) is 11.8. The van der Waals surface area contributed by atoms with Gasteiger partial charge in [-0.05, 0) is 25.2 Å². The van der Waals surface area contributed by atoms with Crippen LogP contribution in [0, 0.1) is 5.92 Å². The van der Waals surface area contributed by atoms with Crippen LogP contribution in [0.5, 0.6) is 0 Å². The van der Waals surface area contributed by atoms with Gasteiger partial charge in [-0.2, -0.15) is 0 Å². The van der Waals surface area contributed by atoms with E-state index in [1.165, 1.54) is 12.8 Å². The number of carbonyl (C=O) groups is 1. The summed E-state index contributed by atoms with van der Waals surface area (Å²) in [5.41, 5.74) is 0. The number of rotatable bonds is 7. The lowest BCUT2D eigenvalue weighted by Gasteiger charge is -2.23. The van der Waals surface area contributed by atoms with Gasteiger partial charge in [-0.3, -0.25) is 10.1 Å². The first-order valence-electron chi connectivity index (χ1n) is 7.16. The van der Waals surface area contributed by atoms with Crippen molar-refractivity contribution < 1.29 is 4.79 Å². The Hall–Kier alpha value is -0.570. The van der Waals surface area contributed by atoms with Crippen LogP contribution in [0.3, 0.4) is 0 Å². The lowest BCUT2D eigenvalue weighted by atomic mass is 10.1. The molecule has 3 nitrogen and oxygen atoms in total. The molecule has 2 atom stereocenters. The third kappa shape index (κ3) is 3.98. The maximum Gasteiger partial charge on any atom is 0.241 e. The quantitative estimate of drug-likeness (QED) is 0.694. The van der Waals surface area contributed by atoms with Crippen molar-refractivity contribution in [2.75, 3.05) is 6.54 Å². The van der Waals surface area contributed by atoms with Gasteiger partial charge in [0, 0.05) is 6.54 Å². The summed E-state index contributed by atoms with van der Waals surface area (Å²) in [5.74, 6) is 1.08. The Balaban J connectivity index is 2.37. The predicted octanol–water partition coefficient (Wildman–Crippen LogP) is 2.76. The van der Waals surface area contributed by atoms with Gasteiger partial charge in [-0.15, -0.1) is 0 Å². The maximum absolute atomic E-state index is 12.1. The minimum Gasteiger partial charge on any atom is -0.326 e. The molecule has 1 aliphatic heterocycles. The van der Waals surface area contributed by atoms with Gasteiger partial charge in [0.1, 0.15) is 0 Å². The molecule has 0 bridgehead atoms. The SMILES string of the molecule is CCC1NC(CC)N(CCCCC(C)C)C1=O. The fourth-order valence-electron chi connectivity index (χ4n) is 2.48. The second-order valence-corrected chi connectivity index (χ2v) is 5.47. The smallest absolute Gasteiger partial charge is 0.241 e. The van der Waals surface area contributed by atoms with E-state index < -0.39 is 0 Å². The summed E-state index contributed by atoms with van der Waals surface area (Å²) in [4.78, 5) is 14.1. The number of carbonyl (C=O) groups excluding carboxylic acids is 1. The van der Waals surface area contributed by atoms with E-state index in [9.17, 15) is 4.79 Å². The average Bonchev–Trinajstić information content (AvgIpc) is 2.61. The van der Waals surface area contributed by atoms with E-state index in [-0.39, 0.29) is 12.2 Å². The number of unbranched alkanes of at least 4 members (excludes halogenated alkanes) is 1. The van der Waals surface area contributed by atoms with Crippen molar-refractivity contribution in [3.8, 4) is 0 Å². The third-order valence-electron chi connectivity index (χ3n) is 3.58. The second-order valence-electron chi connectivity index (χ2n) is 5.47. The molecular formula is C14H28N2O. The first-order chi connectivity index (χ1) is 8.10. The molecular weight excluding hydrogens is 212 g/mol. The Morgan fingerprint density at radius 2 is 1.94 bits per heavy atom. The summed E-state index contributed by atoms with van der Waals surface area (Å²) in [6, 6.07) is 0.0602. The molecule has 0 aliphatic carbocycles. The van der Waals surface area contributed by atoms with Gasteiger partial charge in [0.2, 0.25) is 5.91 Å². The van der Waals surface area contributed by atoms with Crippen molar-refractivity contribution in [1.82, 2.24) is 10.2 Å².